The van der Waals surface area contributed by atoms with Crippen molar-refractivity contribution in [3.05, 3.63) is 35.9 Å². The number of urea groups is 1. The Kier molecular flexibility index (Phi) is 5.98. The zero-order valence-corrected chi connectivity index (χ0v) is 14.1. The lowest BCUT2D eigenvalue weighted by Gasteiger charge is -2.22. The minimum Gasteiger partial charge on any atom is -0.340 e. The van der Waals surface area contributed by atoms with Gasteiger partial charge in [0, 0.05) is 32.2 Å². The van der Waals surface area contributed by atoms with Crippen LogP contribution in [0, 0.1) is 0 Å². The maximum Gasteiger partial charge on any atom is 0.315 e. The van der Waals surface area contributed by atoms with E-state index in [-0.39, 0.29) is 24.5 Å². The predicted octanol–water partition coefficient (Wildman–Crippen LogP) is 1.04. The van der Waals surface area contributed by atoms with Crippen LogP contribution in [0.4, 0.5) is 4.79 Å². The summed E-state index contributed by atoms with van der Waals surface area (Å²) in [6.45, 7) is 3.61. The van der Waals surface area contributed by atoms with E-state index in [1.54, 1.807) is 11.9 Å². The lowest BCUT2D eigenvalue weighted by Crippen LogP contribution is -2.48. The SMILES string of the molecule is CC1C(NC(=O)NCC(=O)N(C)Cc2ccccc2)CCN1C. The number of amides is 3. The molecule has 1 heterocycles. The highest BCUT2D eigenvalue weighted by atomic mass is 16.2. The van der Waals surface area contributed by atoms with Crippen molar-refractivity contribution in [2.45, 2.75) is 32.0 Å². The molecule has 2 N–H and O–H groups in total. The van der Waals surface area contributed by atoms with Gasteiger partial charge in [-0.3, -0.25) is 4.79 Å². The Balaban J connectivity index is 1.72. The summed E-state index contributed by atoms with van der Waals surface area (Å²) in [6, 6.07) is 9.95. The van der Waals surface area contributed by atoms with E-state index in [1.807, 2.05) is 37.4 Å². The molecular weight excluding hydrogens is 292 g/mol. The molecule has 0 bridgehead atoms. The molecule has 0 aliphatic carbocycles. The fourth-order valence-corrected chi connectivity index (χ4v) is 2.74. The van der Waals surface area contributed by atoms with Crippen molar-refractivity contribution < 1.29 is 9.59 Å². The van der Waals surface area contributed by atoms with Gasteiger partial charge in [0.15, 0.2) is 0 Å². The van der Waals surface area contributed by atoms with E-state index in [2.05, 4.69) is 22.5 Å². The summed E-state index contributed by atoms with van der Waals surface area (Å²) >= 11 is 0. The van der Waals surface area contributed by atoms with Crippen molar-refractivity contribution in [2.24, 2.45) is 0 Å². The Morgan fingerprint density at radius 3 is 2.61 bits per heavy atom. The van der Waals surface area contributed by atoms with E-state index >= 15 is 0 Å². The number of likely N-dealkylation sites (N-methyl/N-ethyl adjacent to an activating group) is 2. The van der Waals surface area contributed by atoms with Crippen molar-refractivity contribution >= 4 is 11.9 Å². The molecule has 2 atom stereocenters. The number of rotatable bonds is 5. The number of benzene rings is 1. The molecule has 0 spiro atoms. The Hall–Kier alpha value is -2.08. The van der Waals surface area contributed by atoms with Crippen LogP contribution in [0.1, 0.15) is 18.9 Å². The van der Waals surface area contributed by atoms with Crippen molar-refractivity contribution in [2.75, 3.05) is 27.2 Å². The van der Waals surface area contributed by atoms with Gasteiger partial charge < -0.3 is 20.4 Å². The molecule has 0 saturated carbocycles. The molecule has 6 nitrogen and oxygen atoms in total. The minimum atomic E-state index is -0.279. The largest absolute Gasteiger partial charge is 0.340 e. The van der Waals surface area contributed by atoms with Crippen LogP contribution >= 0.6 is 0 Å². The van der Waals surface area contributed by atoms with E-state index in [9.17, 15) is 9.59 Å². The summed E-state index contributed by atoms with van der Waals surface area (Å²) in [5, 5.41) is 5.59. The molecule has 1 aliphatic heterocycles. The van der Waals surface area contributed by atoms with Gasteiger partial charge in [0.25, 0.3) is 0 Å². The Labute approximate surface area is 137 Å². The molecule has 1 aliphatic rings. The fourth-order valence-electron chi connectivity index (χ4n) is 2.74. The van der Waals surface area contributed by atoms with Crippen LogP contribution in [0.2, 0.25) is 0 Å². The molecule has 0 aromatic heterocycles. The first-order valence-electron chi connectivity index (χ1n) is 8.00. The predicted molar refractivity (Wildman–Crippen MR) is 89.9 cm³/mol. The van der Waals surface area contributed by atoms with Gasteiger partial charge in [0.1, 0.15) is 0 Å². The molecule has 6 heteroatoms. The summed E-state index contributed by atoms with van der Waals surface area (Å²) in [5.41, 5.74) is 1.07. The average Bonchev–Trinajstić information content (AvgIpc) is 2.85. The zero-order chi connectivity index (χ0) is 16.8. The number of nitrogens with zero attached hydrogens (tertiary/aromatic N) is 2. The summed E-state index contributed by atoms with van der Waals surface area (Å²) < 4.78 is 0. The molecular formula is C17H26N4O2. The van der Waals surface area contributed by atoms with Crippen LogP contribution in [0.5, 0.6) is 0 Å². The molecule has 1 fully saturated rings. The topological polar surface area (TPSA) is 64.7 Å². The molecule has 1 aromatic rings. The van der Waals surface area contributed by atoms with E-state index < -0.39 is 0 Å². The number of hydrogen-bond donors (Lipinski definition) is 2. The average molecular weight is 318 g/mol. The molecule has 2 unspecified atom stereocenters. The molecule has 0 radical (unpaired) electrons. The first kappa shape index (κ1) is 17.3. The van der Waals surface area contributed by atoms with Crippen LogP contribution < -0.4 is 10.6 Å². The number of carbonyl (C=O) groups excluding carboxylic acids is 2. The van der Waals surface area contributed by atoms with Gasteiger partial charge in [-0.05, 0) is 26.0 Å². The first-order valence-corrected chi connectivity index (χ1v) is 8.00. The summed E-state index contributed by atoms with van der Waals surface area (Å²) in [4.78, 5) is 27.8. The maximum absolute atomic E-state index is 12.1. The third-order valence-corrected chi connectivity index (χ3v) is 4.48. The number of hydrogen-bond acceptors (Lipinski definition) is 3. The smallest absolute Gasteiger partial charge is 0.315 e. The zero-order valence-electron chi connectivity index (χ0n) is 14.1. The lowest BCUT2D eigenvalue weighted by atomic mass is 10.1. The van der Waals surface area contributed by atoms with Crippen molar-refractivity contribution in [1.82, 2.24) is 20.4 Å². The summed E-state index contributed by atoms with van der Waals surface area (Å²) in [7, 11) is 3.79. The standard InChI is InChI=1S/C17H26N4O2/c1-13-15(9-10-20(13)2)19-17(23)18-11-16(22)21(3)12-14-7-5-4-6-8-14/h4-8,13,15H,9-12H2,1-3H3,(H2,18,19,23). The van der Waals surface area contributed by atoms with Gasteiger partial charge >= 0.3 is 6.03 Å². The fraction of sp³-hybridized carbons (Fsp3) is 0.529. The molecule has 126 valence electrons. The number of carbonyl (C=O) groups is 2. The molecule has 2 rings (SSSR count). The number of likely N-dealkylation sites (tertiary alicyclic amines) is 1. The van der Waals surface area contributed by atoms with Gasteiger partial charge in [-0.1, -0.05) is 30.3 Å². The summed E-state index contributed by atoms with van der Waals surface area (Å²) in [5.74, 6) is -0.111. The highest BCUT2D eigenvalue weighted by Crippen LogP contribution is 2.14. The van der Waals surface area contributed by atoms with Gasteiger partial charge in [-0.15, -0.1) is 0 Å². The molecule has 3 amide bonds. The highest BCUT2D eigenvalue weighted by Gasteiger charge is 2.29. The van der Waals surface area contributed by atoms with Gasteiger partial charge in [0.05, 0.1) is 6.54 Å². The minimum absolute atomic E-state index is 0.00606. The molecule has 1 saturated heterocycles. The monoisotopic (exact) mass is 318 g/mol. The third-order valence-electron chi connectivity index (χ3n) is 4.48. The second-order valence-electron chi connectivity index (χ2n) is 6.18. The van der Waals surface area contributed by atoms with Gasteiger partial charge in [0.2, 0.25) is 5.91 Å². The maximum atomic E-state index is 12.1. The molecule has 23 heavy (non-hydrogen) atoms. The highest BCUT2D eigenvalue weighted by molar-refractivity contribution is 5.84. The Morgan fingerprint density at radius 2 is 2.00 bits per heavy atom. The number of nitrogens with one attached hydrogen (secondary N) is 2. The van der Waals surface area contributed by atoms with E-state index in [0.717, 1.165) is 18.5 Å². The van der Waals surface area contributed by atoms with Crippen LogP contribution in [0.25, 0.3) is 0 Å². The second kappa shape index (κ2) is 7.97. The van der Waals surface area contributed by atoms with Crippen molar-refractivity contribution in [3.8, 4) is 0 Å². The first-order chi connectivity index (χ1) is 11.0. The van der Waals surface area contributed by atoms with E-state index in [0.29, 0.717) is 12.6 Å². The quantitative estimate of drug-likeness (QED) is 0.852. The van der Waals surface area contributed by atoms with E-state index in [1.165, 1.54) is 0 Å². The van der Waals surface area contributed by atoms with Crippen LogP contribution in [-0.2, 0) is 11.3 Å². The van der Waals surface area contributed by atoms with E-state index in [4.69, 9.17) is 0 Å². The van der Waals surface area contributed by atoms with Gasteiger partial charge in [-0.2, -0.15) is 0 Å². The normalized spacial score (nSPS) is 21.0. The van der Waals surface area contributed by atoms with Gasteiger partial charge in [-0.25, -0.2) is 4.79 Å². The van der Waals surface area contributed by atoms with Crippen LogP contribution in [-0.4, -0.2) is 61.0 Å². The second-order valence-corrected chi connectivity index (χ2v) is 6.18. The lowest BCUT2D eigenvalue weighted by molar-refractivity contribution is -0.129. The van der Waals surface area contributed by atoms with Crippen molar-refractivity contribution in [3.63, 3.8) is 0 Å². The van der Waals surface area contributed by atoms with Crippen LogP contribution in [0.3, 0.4) is 0 Å². The Bertz CT molecular complexity index is 535. The summed E-state index contributed by atoms with van der Waals surface area (Å²) in [6.07, 6.45) is 0.937. The molecule has 1 aromatic carbocycles. The Morgan fingerprint density at radius 1 is 1.30 bits per heavy atom. The van der Waals surface area contributed by atoms with Crippen molar-refractivity contribution in [1.29, 1.82) is 0 Å². The van der Waals surface area contributed by atoms with Crippen LogP contribution in [0.15, 0.2) is 30.3 Å². The third kappa shape index (κ3) is 4.96.